The molecule has 0 bridgehead atoms. The highest BCUT2D eigenvalue weighted by Gasteiger charge is 2.22. The van der Waals surface area contributed by atoms with E-state index in [2.05, 4.69) is 41.2 Å². The summed E-state index contributed by atoms with van der Waals surface area (Å²) in [5.74, 6) is 0. The summed E-state index contributed by atoms with van der Waals surface area (Å²) in [6.07, 6.45) is 9.33. The molecular formula is C18H24N3S+. The van der Waals surface area contributed by atoms with Crippen molar-refractivity contribution in [2.24, 2.45) is 0 Å². The van der Waals surface area contributed by atoms with Crippen molar-refractivity contribution in [1.82, 2.24) is 4.57 Å². The number of aromatic nitrogens is 1. The van der Waals surface area contributed by atoms with Crippen molar-refractivity contribution in [3.63, 3.8) is 0 Å². The van der Waals surface area contributed by atoms with Gasteiger partial charge in [-0.25, -0.2) is 0 Å². The van der Waals surface area contributed by atoms with E-state index in [1.54, 1.807) is 0 Å². The first-order valence-corrected chi connectivity index (χ1v) is 9.19. The van der Waals surface area contributed by atoms with Gasteiger partial charge in [0.15, 0.2) is 0 Å². The smallest absolute Gasteiger partial charge is 0.118 e. The van der Waals surface area contributed by atoms with E-state index < -0.39 is 0 Å². The van der Waals surface area contributed by atoms with E-state index in [4.69, 9.17) is 0 Å². The number of hydrogen-bond acceptors (Lipinski definition) is 2. The number of hydrogen-bond donors (Lipinski definition) is 1. The Kier molecular flexibility index (Phi) is 4.97. The fourth-order valence-corrected chi connectivity index (χ4v) is 4.57. The highest BCUT2D eigenvalue weighted by atomic mass is 32.1. The molecule has 2 aromatic rings. The molecule has 0 saturated heterocycles. The number of nitrogens with two attached hydrogens (primary N) is 1. The van der Waals surface area contributed by atoms with Crippen molar-refractivity contribution >= 4 is 11.3 Å². The van der Waals surface area contributed by atoms with Crippen LogP contribution in [0.4, 0.5) is 0 Å². The molecule has 3 rings (SSSR count). The molecule has 0 aliphatic heterocycles. The number of rotatable bonds is 6. The van der Waals surface area contributed by atoms with Gasteiger partial charge in [0.05, 0.1) is 17.8 Å². The Hall–Kier alpha value is -1.57. The van der Waals surface area contributed by atoms with Crippen LogP contribution in [0.15, 0.2) is 18.3 Å². The standard InChI is InChI=1S/C18H23N3S/c1-2-3-10-20-13-14-7-6-11-21(14)18-16(12-19)15-8-4-5-9-17(15)22-18/h6-7,11,20H,2-5,8-10,13H2,1H3/p+1. The Morgan fingerprint density at radius 1 is 1.36 bits per heavy atom. The predicted molar refractivity (Wildman–Crippen MR) is 90.4 cm³/mol. The first-order chi connectivity index (χ1) is 10.8. The van der Waals surface area contributed by atoms with Crippen LogP contribution >= 0.6 is 11.3 Å². The molecule has 116 valence electrons. The normalized spacial score (nSPS) is 13.8. The second-order valence-corrected chi connectivity index (χ2v) is 7.09. The van der Waals surface area contributed by atoms with Crippen LogP contribution in [0, 0.1) is 11.3 Å². The van der Waals surface area contributed by atoms with Crippen LogP contribution in [-0.4, -0.2) is 11.1 Å². The Balaban J connectivity index is 1.87. The van der Waals surface area contributed by atoms with Crippen LogP contribution in [0.3, 0.4) is 0 Å². The van der Waals surface area contributed by atoms with Crippen molar-refractivity contribution in [2.75, 3.05) is 6.54 Å². The predicted octanol–water partition coefficient (Wildman–Crippen LogP) is 3.15. The third-order valence-electron chi connectivity index (χ3n) is 4.43. The SMILES string of the molecule is CCCC[NH2+]Cc1cccn1-c1sc2c(c1C#N)CCCC2. The average Bonchev–Trinajstić information content (AvgIpc) is 3.14. The second-order valence-electron chi connectivity index (χ2n) is 6.01. The van der Waals surface area contributed by atoms with E-state index in [1.165, 1.54) is 48.4 Å². The molecule has 2 N–H and O–H groups in total. The van der Waals surface area contributed by atoms with Gasteiger partial charge >= 0.3 is 0 Å². The van der Waals surface area contributed by atoms with Crippen molar-refractivity contribution in [1.29, 1.82) is 5.26 Å². The van der Waals surface area contributed by atoms with E-state index in [-0.39, 0.29) is 0 Å². The van der Waals surface area contributed by atoms with Gasteiger partial charge in [0.25, 0.3) is 0 Å². The van der Waals surface area contributed by atoms with Crippen molar-refractivity contribution in [3.05, 3.63) is 40.0 Å². The number of quaternary nitrogens is 1. The van der Waals surface area contributed by atoms with Gasteiger partial charge in [-0.05, 0) is 49.8 Å². The molecule has 0 radical (unpaired) electrons. The fourth-order valence-electron chi connectivity index (χ4n) is 3.22. The number of nitrogens with zero attached hydrogens (tertiary/aromatic N) is 2. The molecule has 2 heterocycles. The summed E-state index contributed by atoms with van der Waals surface area (Å²) in [6.45, 7) is 4.39. The minimum atomic E-state index is 0.922. The highest BCUT2D eigenvalue weighted by Crippen LogP contribution is 2.36. The molecule has 3 nitrogen and oxygen atoms in total. The van der Waals surface area contributed by atoms with Gasteiger partial charge in [0.1, 0.15) is 17.6 Å². The zero-order chi connectivity index (χ0) is 15.4. The third-order valence-corrected chi connectivity index (χ3v) is 5.72. The van der Waals surface area contributed by atoms with E-state index >= 15 is 0 Å². The number of aryl methyl sites for hydroxylation is 1. The molecule has 2 aromatic heterocycles. The van der Waals surface area contributed by atoms with Crippen molar-refractivity contribution in [2.45, 2.75) is 52.0 Å². The molecule has 1 aliphatic carbocycles. The minimum Gasteiger partial charge on any atom is -0.341 e. The molecule has 1 aliphatic rings. The van der Waals surface area contributed by atoms with Gasteiger partial charge in [-0.2, -0.15) is 5.26 Å². The molecule has 22 heavy (non-hydrogen) atoms. The Labute approximate surface area is 136 Å². The summed E-state index contributed by atoms with van der Waals surface area (Å²) < 4.78 is 2.24. The monoisotopic (exact) mass is 314 g/mol. The quantitative estimate of drug-likeness (QED) is 0.818. The maximum absolute atomic E-state index is 9.63. The molecule has 0 saturated carbocycles. The van der Waals surface area contributed by atoms with Crippen LogP contribution < -0.4 is 5.32 Å². The Morgan fingerprint density at radius 3 is 3.05 bits per heavy atom. The molecular weight excluding hydrogens is 290 g/mol. The largest absolute Gasteiger partial charge is 0.341 e. The highest BCUT2D eigenvalue weighted by molar-refractivity contribution is 7.15. The second kappa shape index (κ2) is 7.13. The Bertz CT molecular complexity index is 675. The van der Waals surface area contributed by atoms with Crippen LogP contribution in [0.25, 0.3) is 5.00 Å². The third kappa shape index (κ3) is 2.97. The summed E-state index contributed by atoms with van der Waals surface area (Å²) in [4.78, 5) is 1.44. The lowest BCUT2D eigenvalue weighted by atomic mass is 9.96. The number of nitriles is 1. The minimum absolute atomic E-state index is 0.922. The lowest BCUT2D eigenvalue weighted by Crippen LogP contribution is -2.82. The molecule has 0 atom stereocenters. The van der Waals surface area contributed by atoms with Gasteiger partial charge in [-0.15, -0.1) is 11.3 Å². The van der Waals surface area contributed by atoms with Crippen LogP contribution in [0.2, 0.25) is 0 Å². The van der Waals surface area contributed by atoms with Crippen LogP contribution in [0.5, 0.6) is 0 Å². The van der Waals surface area contributed by atoms with Gasteiger partial charge in [0, 0.05) is 11.1 Å². The first kappa shape index (κ1) is 15.3. The van der Waals surface area contributed by atoms with Crippen molar-refractivity contribution in [3.8, 4) is 11.1 Å². The number of fused-ring (bicyclic) bond motifs is 1. The number of unbranched alkanes of at least 4 members (excludes halogenated alkanes) is 1. The van der Waals surface area contributed by atoms with Crippen LogP contribution in [-0.2, 0) is 19.4 Å². The summed E-state index contributed by atoms with van der Waals surface area (Å²) in [7, 11) is 0. The molecule has 0 unspecified atom stereocenters. The topological polar surface area (TPSA) is 45.3 Å². The lowest BCUT2D eigenvalue weighted by molar-refractivity contribution is -0.671. The van der Waals surface area contributed by atoms with Gasteiger partial charge in [-0.1, -0.05) is 13.3 Å². The number of thiophene rings is 1. The molecule has 0 aromatic carbocycles. The van der Waals surface area contributed by atoms with Gasteiger partial charge < -0.3 is 9.88 Å². The zero-order valence-corrected chi connectivity index (χ0v) is 14.1. The van der Waals surface area contributed by atoms with E-state index in [0.717, 1.165) is 30.0 Å². The average molecular weight is 314 g/mol. The summed E-state index contributed by atoms with van der Waals surface area (Å²) in [5.41, 5.74) is 3.54. The van der Waals surface area contributed by atoms with Gasteiger partial charge in [0.2, 0.25) is 0 Å². The fraction of sp³-hybridized carbons (Fsp3) is 0.500. The van der Waals surface area contributed by atoms with Crippen molar-refractivity contribution < 1.29 is 5.32 Å². The Morgan fingerprint density at radius 2 is 2.23 bits per heavy atom. The molecule has 0 amide bonds. The molecule has 0 spiro atoms. The van der Waals surface area contributed by atoms with E-state index in [0.29, 0.717) is 0 Å². The summed E-state index contributed by atoms with van der Waals surface area (Å²) in [6, 6.07) is 6.76. The summed E-state index contributed by atoms with van der Waals surface area (Å²) >= 11 is 1.83. The molecule has 0 fully saturated rings. The maximum Gasteiger partial charge on any atom is 0.118 e. The van der Waals surface area contributed by atoms with Crippen LogP contribution in [0.1, 0.15) is 54.3 Å². The summed E-state index contributed by atoms with van der Waals surface area (Å²) in [5, 5.41) is 13.1. The molecule has 4 heteroatoms. The zero-order valence-electron chi connectivity index (χ0n) is 13.3. The lowest BCUT2D eigenvalue weighted by Gasteiger charge is -2.09. The maximum atomic E-state index is 9.63. The van der Waals surface area contributed by atoms with E-state index in [1.807, 2.05) is 11.3 Å². The first-order valence-electron chi connectivity index (χ1n) is 8.38. The van der Waals surface area contributed by atoms with Gasteiger partial charge in [-0.3, -0.25) is 0 Å². The van der Waals surface area contributed by atoms with E-state index in [9.17, 15) is 5.26 Å².